The number of amides is 1. The minimum Gasteiger partial charge on any atom is -0.452 e. The number of benzene rings is 3. The summed E-state index contributed by atoms with van der Waals surface area (Å²) < 4.78 is 36.5. The summed E-state index contributed by atoms with van der Waals surface area (Å²) in [5, 5.41) is 2.53. The molecule has 5 rings (SSSR count). The second-order valence-electron chi connectivity index (χ2n) is 9.40. The Morgan fingerprint density at radius 2 is 1.70 bits per heavy atom. The highest BCUT2D eigenvalue weighted by Gasteiger charge is 2.29. The molecular formula is C29H28N4O6S. The van der Waals surface area contributed by atoms with Crippen LogP contribution >= 0.6 is 0 Å². The maximum atomic E-state index is 13.5. The number of nitrogens with zero attached hydrogens (tertiary/aromatic N) is 3. The van der Waals surface area contributed by atoms with E-state index >= 15 is 0 Å². The van der Waals surface area contributed by atoms with Crippen molar-refractivity contribution in [1.29, 1.82) is 0 Å². The quantitative estimate of drug-likeness (QED) is 0.346. The molecule has 206 valence electrons. The molecule has 1 aliphatic rings. The number of esters is 1. The van der Waals surface area contributed by atoms with Crippen LogP contribution in [0.2, 0.25) is 0 Å². The van der Waals surface area contributed by atoms with Gasteiger partial charge < -0.3 is 10.1 Å². The van der Waals surface area contributed by atoms with Crippen LogP contribution in [-0.4, -0.2) is 42.8 Å². The van der Waals surface area contributed by atoms with Gasteiger partial charge in [-0.3, -0.25) is 18.6 Å². The molecule has 40 heavy (non-hydrogen) atoms. The van der Waals surface area contributed by atoms with Crippen molar-refractivity contribution < 1.29 is 22.7 Å². The first kappa shape index (κ1) is 26.9. The average Bonchev–Trinajstić information content (AvgIpc) is 3.18. The lowest BCUT2D eigenvalue weighted by molar-refractivity contribution is -0.119. The summed E-state index contributed by atoms with van der Waals surface area (Å²) in [5.74, 6) is -1.56. The number of sulfonamides is 1. The van der Waals surface area contributed by atoms with E-state index in [4.69, 9.17) is 4.74 Å². The molecule has 4 aromatic rings. The summed E-state index contributed by atoms with van der Waals surface area (Å²) in [7, 11) is -2.23. The van der Waals surface area contributed by atoms with Crippen molar-refractivity contribution in [1.82, 2.24) is 9.36 Å². The number of hydrogen-bond donors (Lipinski definition) is 1. The van der Waals surface area contributed by atoms with Crippen LogP contribution in [0.5, 0.6) is 0 Å². The molecule has 1 aromatic heterocycles. The molecule has 0 unspecified atom stereocenters. The van der Waals surface area contributed by atoms with Gasteiger partial charge in [0.2, 0.25) is 0 Å². The fourth-order valence-corrected chi connectivity index (χ4v) is 6.35. The van der Waals surface area contributed by atoms with E-state index < -0.39 is 34.1 Å². The van der Waals surface area contributed by atoms with Gasteiger partial charge in [-0.05, 0) is 61.7 Å². The number of rotatable bonds is 7. The lowest BCUT2D eigenvalue weighted by Crippen LogP contribution is -2.35. The molecule has 0 saturated heterocycles. The van der Waals surface area contributed by atoms with Gasteiger partial charge in [0.15, 0.2) is 6.61 Å². The number of carbonyl (C=O) groups is 2. The van der Waals surface area contributed by atoms with Gasteiger partial charge in [0.1, 0.15) is 5.69 Å². The third-order valence-electron chi connectivity index (χ3n) is 6.88. The Balaban J connectivity index is 1.29. The topological polar surface area (TPSA) is 120 Å². The molecule has 0 aliphatic carbocycles. The summed E-state index contributed by atoms with van der Waals surface area (Å²) in [4.78, 5) is 38.3. The van der Waals surface area contributed by atoms with E-state index in [2.05, 4.69) is 5.32 Å². The fraction of sp³-hybridized carbons (Fsp3) is 0.207. The Morgan fingerprint density at radius 1 is 0.975 bits per heavy atom. The summed E-state index contributed by atoms with van der Waals surface area (Å²) in [5.41, 5.74) is 2.36. The van der Waals surface area contributed by atoms with Crippen molar-refractivity contribution in [2.24, 2.45) is 7.05 Å². The van der Waals surface area contributed by atoms with E-state index in [1.54, 1.807) is 55.1 Å². The Morgan fingerprint density at radius 3 is 2.48 bits per heavy atom. The molecule has 1 N–H and O–H groups in total. The van der Waals surface area contributed by atoms with E-state index in [0.717, 1.165) is 12.0 Å². The minimum absolute atomic E-state index is 0.0125. The molecule has 0 saturated carbocycles. The molecule has 10 nitrogen and oxygen atoms in total. The zero-order chi connectivity index (χ0) is 28.4. The van der Waals surface area contributed by atoms with Crippen molar-refractivity contribution >= 4 is 33.3 Å². The molecule has 11 heteroatoms. The minimum atomic E-state index is -3.93. The van der Waals surface area contributed by atoms with Crippen molar-refractivity contribution in [2.75, 3.05) is 22.8 Å². The smallest absolute Gasteiger partial charge is 0.338 e. The number of nitrogens with one attached hydrogen (secondary N) is 1. The third kappa shape index (κ3) is 5.03. The van der Waals surface area contributed by atoms with Crippen LogP contribution in [0.1, 0.15) is 28.0 Å². The van der Waals surface area contributed by atoms with Gasteiger partial charge in [-0.1, -0.05) is 42.5 Å². The number of aryl methyl sites for hydroxylation is 1. The van der Waals surface area contributed by atoms with Crippen LogP contribution in [-0.2, 0) is 33.0 Å². The molecular weight excluding hydrogens is 532 g/mol. The maximum absolute atomic E-state index is 13.5. The van der Waals surface area contributed by atoms with Crippen LogP contribution in [0, 0.1) is 6.92 Å². The molecule has 0 spiro atoms. The zero-order valence-corrected chi connectivity index (χ0v) is 22.8. The first-order valence-corrected chi connectivity index (χ1v) is 14.1. The standard InChI is InChI=1S/C29H28N4O6S/c1-20-27(28(35)33(31(20)2)23-13-4-3-5-14-23)30-26(34)19-39-29(36)22-11-8-15-24(18-22)40(37,38)32-17-9-12-21-10-6-7-16-25(21)32/h3-8,10-11,13-16,18H,9,12,17,19H2,1-2H3,(H,30,34). The van der Waals surface area contributed by atoms with E-state index in [0.29, 0.717) is 30.0 Å². The Hall–Kier alpha value is -4.64. The first-order valence-electron chi connectivity index (χ1n) is 12.7. The third-order valence-corrected chi connectivity index (χ3v) is 8.69. The van der Waals surface area contributed by atoms with E-state index in [9.17, 15) is 22.8 Å². The molecule has 0 fully saturated rings. The van der Waals surface area contributed by atoms with Crippen molar-refractivity contribution in [3.05, 3.63) is 106 Å². The van der Waals surface area contributed by atoms with Crippen molar-refractivity contribution in [2.45, 2.75) is 24.7 Å². The molecule has 3 aromatic carbocycles. The van der Waals surface area contributed by atoms with Gasteiger partial charge in [-0.2, -0.15) is 0 Å². The Bertz CT molecular complexity index is 1760. The first-order chi connectivity index (χ1) is 19.2. The highest BCUT2D eigenvalue weighted by Crippen LogP contribution is 2.32. The molecule has 2 heterocycles. The van der Waals surface area contributed by atoms with Gasteiger partial charge in [-0.15, -0.1) is 0 Å². The molecule has 0 bridgehead atoms. The molecule has 0 atom stereocenters. The summed E-state index contributed by atoms with van der Waals surface area (Å²) >= 11 is 0. The largest absolute Gasteiger partial charge is 0.452 e. The van der Waals surface area contributed by atoms with Crippen molar-refractivity contribution in [3.8, 4) is 5.69 Å². The number of para-hydroxylation sites is 2. The van der Waals surface area contributed by atoms with Crippen LogP contribution in [0.25, 0.3) is 5.69 Å². The summed E-state index contributed by atoms with van der Waals surface area (Å²) in [6.45, 7) is 1.36. The normalized spacial score (nSPS) is 13.0. The SMILES string of the molecule is Cc1c(NC(=O)COC(=O)c2cccc(S(=O)(=O)N3CCCc4ccccc43)c2)c(=O)n(-c2ccccc2)n1C. The highest BCUT2D eigenvalue weighted by molar-refractivity contribution is 7.92. The lowest BCUT2D eigenvalue weighted by Gasteiger charge is -2.30. The van der Waals surface area contributed by atoms with Gasteiger partial charge in [-0.25, -0.2) is 17.9 Å². The van der Waals surface area contributed by atoms with Gasteiger partial charge in [0.25, 0.3) is 21.5 Å². The Labute approximate surface area is 231 Å². The molecule has 1 amide bonds. The second-order valence-corrected chi connectivity index (χ2v) is 11.3. The number of anilines is 2. The average molecular weight is 561 g/mol. The molecule has 0 radical (unpaired) electrons. The van der Waals surface area contributed by atoms with E-state index in [1.165, 1.54) is 33.3 Å². The summed E-state index contributed by atoms with van der Waals surface area (Å²) in [6.07, 6.45) is 1.48. The van der Waals surface area contributed by atoms with Crippen molar-refractivity contribution in [3.63, 3.8) is 0 Å². The van der Waals surface area contributed by atoms with Crippen LogP contribution in [0.15, 0.2) is 88.6 Å². The fourth-order valence-electron chi connectivity index (χ4n) is 4.76. The van der Waals surface area contributed by atoms with Crippen LogP contribution in [0.3, 0.4) is 0 Å². The predicted molar refractivity (Wildman–Crippen MR) is 150 cm³/mol. The van der Waals surface area contributed by atoms with Crippen LogP contribution in [0.4, 0.5) is 11.4 Å². The predicted octanol–water partition coefficient (Wildman–Crippen LogP) is 3.42. The number of aromatic nitrogens is 2. The van der Waals surface area contributed by atoms with Gasteiger partial charge >= 0.3 is 5.97 Å². The van der Waals surface area contributed by atoms with Crippen LogP contribution < -0.4 is 15.2 Å². The zero-order valence-electron chi connectivity index (χ0n) is 22.0. The Kier molecular flexibility index (Phi) is 7.31. The number of fused-ring (bicyclic) bond motifs is 1. The number of hydrogen-bond acceptors (Lipinski definition) is 6. The number of ether oxygens (including phenoxy) is 1. The second kappa shape index (κ2) is 10.9. The van der Waals surface area contributed by atoms with E-state index in [1.807, 2.05) is 18.2 Å². The molecule has 1 aliphatic heterocycles. The highest BCUT2D eigenvalue weighted by atomic mass is 32.2. The van der Waals surface area contributed by atoms with E-state index in [-0.39, 0.29) is 16.1 Å². The maximum Gasteiger partial charge on any atom is 0.338 e. The number of carbonyl (C=O) groups excluding carboxylic acids is 2. The van der Waals surface area contributed by atoms with Gasteiger partial charge in [0.05, 0.1) is 27.5 Å². The monoisotopic (exact) mass is 560 g/mol. The summed E-state index contributed by atoms with van der Waals surface area (Å²) in [6, 6.07) is 21.9. The van der Waals surface area contributed by atoms with Gasteiger partial charge in [0, 0.05) is 13.6 Å². The lowest BCUT2D eigenvalue weighted by atomic mass is 10.0.